The van der Waals surface area contributed by atoms with Crippen LogP contribution in [0.25, 0.3) is 11.1 Å². The molecule has 0 atom stereocenters. The van der Waals surface area contributed by atoms with Crippen molar-refractivity contribution in [1.82, 2.24) is 0 Å². The van der Waals surface area contributed by atoms with Crippen LogP contribution in [-0.2, 0) is 11.7 Å². The Bertz CT molecular complexity index is 1100. The van der Waals surface area contributed by atoms with Crippen molar-refractivity contribution in [3.8, 4) is 16.9 Å². The van der Waals surface area contributed by atoms with E-state index in [1.807, 2.05) is 19.1 Å². The fourth-order valence-electron chi connectivity index (χ4n) is 3.10. The average Bonchev–Trinajstić information content (AvgIpc) is 2.70. The molecule has 0 saturated heterocycles. The van der Waals surface area contributed by atoms with Crippen LogP contribution in [-0.4, -0.2) is 6.36 Å². The van der Waals surface area contributed by atoms with E-state index in [0.717, 1.165) is 30.5 Å². The molecule has 0 spiro atoms. The number of rotatable bonds is 7. The zero-order valence-corrected chi connectivity index (χ0v) is 17.8. The van der Waals surface area contributed by atoms with Gasteiger partial charge in [-0.05, 0) is 59.1 Å². The summed E-state index contributed by atoms with van der Waals surface area (Å²) < 4.78 is 111. The summed E-state index contributed by atoms with van der Waals surface area (Å²) in [6.07, 6.45) is -3.57. The highest BCUT2D eigenvalue weighted by molar-refractivity contribution is 8.00. The van der Waals surface area contributed by atoms with Gasteiger partial charge in [0.25, 0.3) is 0 Å². The molecule has 33 heavy (non-hydrogen) atoms. The Morgan fingerprint density at radius 2 is 1.33 bits per heavy atom. The van der Waals surface area contributed by atoms with Crippen LogP contribution in [0.1, 0.15) is 24.5 Å². The summed E-state index contributed by atoms with van der Waals surface area (Å²) >= 11 is -0.413. The molecular formula is C23H16F8OS. The topological polar surface area (TPSA) is 9.23 Å². The molecule has 10 heteroatoms. The number of thioether (sulfide) groups is 1. The molecule has 0 heterocycles. The highest BCUT2D eigenvalue weighted by Gasteiger charge is 2.38. The summed E-state index contributed by atoms with van der Waals surface area (Å²) in [5, 5.41) is -3.97. The monoisotopic (exact) mass is 492 g/mol. The minimum atomic E-state index is -5.37. The van der Waals surface area contributed by atoms with Gasteiger partial charge >= 0.3 is 11.6 Å². The predicted molar refractivity (Wildman–Crippen MR) is 109 cm³/mol. The molecule has 3 rings (SSSR count). The fourth-order valence-corrected chi connectivity index (χ4v) is 3.99. The SMILES string of the molecule is CCCc1ccc(-c2ccc(C(F)(F)Sc3cc(F)c(OC(F)(F)F)c(F)c3)c(F)c2)cc1. The molecule has 0 fully saturated rings. The predicted octanol–water partition coefficient (Wildman–Crippen LogP) is 8.46. The van der Waals surface area contributed by atoms with Crippen LogP contribution in [0.3, 0.4) is 0 Å². The molecule has 0 unspecified atom stereocenters. The number of halogens is 8. The summed E-state index contributed by atoms with van der Waals surface area (Å²) in [6.45, 7) is 2.02. The Kier molecular flexibility index (Phi) is 7.26. The van der Waals surface area contributed by atoms with E-state index in [4.69, 9.17) is 0 Å². The van der Waals surface area contributed by atoms with Crippen LogP contribution in [0.5, 0.6) is 5.75 Å². The number of hydrogen-bond donors (Lipinski definition) is 0. The van der Waals surface area contributed by atoms with Crippen molar-refractivity contribution in [2.24, 2.45) is 0 Å². The van der Waals surface area contributed by atoms with Gasteiger partial charge in [0.15, 0.2) is 11.6 Å². The average molecular weight is 492 g/mol. The quantitative estimate of drug-likeness (QED) is 0.242. The summed E-state index contributed by atoms with van der Waals surface area (Å²) in [5.74, 6) is -6.67. The van der Waals surface area contributed by atoms with Crippen LogP contribution in [0.4, 0.5) is 35.1 Å². The van der Waals surface area contributed by atoms with Gasteiger partial charge in [-0.15, -0.1) is 13.2 Å². The van der Waals surface area contributed by atoms with Crippen LogP contribution in [0, 0.1) is 17.5 Å². The molecule has 0 radical (unpaired) electrons. The van der Waals surface area contributed by atoms with E-state index < -0.39 is 57.0 Å². The zero-order chi connectivity index (χ0) is 24.4. The maximum atomic E-state index is 14.7. The summed E-state index contributed by atoms with van der Waals surface area (Å²) in [5.41, 5.74) is 0.995. The van der Waals surface area contributed by atoms with Crippen molar-refractivity contribution in [2.45, 2.75) is 36.3 Å². The van der Waals surface area contributed by atoms with Gasteiger partial charge in [0.1, 0.15) is 5.82 Å². The van der Waals surface area contributed by atoms with Gasteiger partial charge in [-0.1, -0.05) is 43.7 Å². The third-order valence-electron chi connectivity index (χ3n) is 4.54. The van der Waals surface area contributed by atoms with Crippen LogP contribution < -0.4 is 4.74 Å². The lowest BCUT2D eigenvalue weighted by atomic mass is 10.0. The van der Waals surface area contributed by atoms with Gasteiger partial charge < -0.3 is 4.74 Å². The molecule has 0 saturated carbocycles. The van der Waals surface area contributed by atoms with E-state index >= 15 is 0 Å². The Morgan fingerprint density at radius 3 is 1.85 bits per heavy atom. The van der Waals surface area contributed by atoms with Crippen LogP contribution in [0.2, 0.25) is 0 Å². The van der Waals surface area contributed by atoms with Gasteiger partial charge in [-0.2, -0.15) is 8.78 Å². The maximum Gasteiger partial charge on any atom is 0.573 e. The highest BCUT2D eigenvalue weighted by atomic mass is 32.2. The second-order valence-electron chi connectivity index (χ2n) is 7.02. The van der Waals surface area contributed by atoms with Crippen molar-refractivity contribution in [1.29, 1.82) is 0 Å². The molecule has 3 aromatic carbocycles. The molecule has 3 aromatic rings. The molecule has 0 aromatic heterocycles. The Hall–Kier alpha value is -2.75. The van der Waals surface area contributed by atoms with Gasteiger partial charge in [0.05, 0.1) is 5.56 Å². The first kappa shape index (κ1) is 24.9. The first-order valence-electron chi connectivity index (χ1n) is 9.60. The standard InChI is InChI=1S/C23H16F8OS/c1-2-3-13-4-6-14(7-5-13)15-8-9-17(18(24)10-15)22(27,28)33-16-11-19(25)21(20(26)12-16)32-23(29,30)31/h4-12H,2-3H2,1H3. The number of aryl methyl sites for hydroxylation is 1. The Balaban J connectivity index is 1.84. The number of ether oxygens (including phenoxy) is 1. The molecule has 0 aliphatic rings. The largest absolute Gasteiger partial charge is 0.573 e. The van der Waals surface area contributed by atoms with Crippen molar-refractivity contribution in [2.75, 3.05) is 0 Å². The fraction of sp³-hybridized carbons (Fsp3) is 0.217. The van der Waals surface area contributed by atoms with Crippen molar-refractivity contribution in [3.63, 3.8) is 0 Å². The minimum Gasteiger partial charge on any atom is -0.399 e. The number of benzene rings is 3. The van der Waals surface area contributed by atoms with E-state index in [1.165, 1.54) is 6.07 Å². The molecule has 0 aliphatic heterocycles. The smallest absolute Gasteiger partial charge is 0.399 e. The van der Waals surface area contributed by atoms with Crippen molar-refractivity contribution in [3.05, 3.63) is 83.2 Å². The zero-order valence-electron chi connectivity index (χ0n) is 17.0. The molecular weight excluding hydrogens is 476 g/mol. The van der Waals surface area contributed by atoms with Crippen LogP contribution >= 0.6 is 11.8 Å². The third kappa shape index (κ3) is 6.19. The second kappa shape index (κ2) is 9.62. The molecule has 0 aliphatic carbocycles. The minimum absolute atomic E-state index is 0.257. The lowest BCUT2D eigenvalue weighted by molar-refractivity contribution is -0.276. The van der Waals surface area contributed by atoms with Gasteiger partial charge in [-0.3, -0.25) is 0 Å². The molecule has 0 amide bonds. The number of hydrogen-bond acceptors (Lipinski definition) is 2. The Labute approximate surface area is 188 Å². The van der Waals surface area contributed by atoms with Gasteiger partial charge in [0.2, 0.25) is 5.75 Å². The Morgan fingerprint density at radius 1 is 0.758 bits per heavy atom. The van der Waals surface area contributed by atoms with Gasteiger partial charge in [0, 0.05) is 4.90 Å². The molecule has 0 N–H and O–H groups in total. The normalized spacial score (nSPS) is 12.2. The van der Waals surface area contributed by atoms with E-state index in [0.29, 0.717) is 11.1 Å². The van der Waals surface area contributed by atoms with E-state index in [9.17, 15) is 35.1 Å². The molecule has 0 bridgehead atoms. The third-order valence-corrected chi connectivity index (χ3v) is 5.49. The summed E-state index contributed by atoms with van der Waals surface area (Å²) in [7, 11) is 0. The number of alkyl halides is 5. The lowest BCUT2D eigenvalue weighted by Gasteiger charge is -2.18. The first-order chi connectivity index (χ1) is 15.4. The molecule has 1 nitrogen and oxygen atoms in total. The summed E-state index contributed by atoms with van der Waals surface area (Å²) in [6, 6.07) is 10.7. The lowest BCUT2D eigenvalue weighted by Crippen LogP contribution is -2.19. The highest BCUT2D eigenvalue weighted by Crippen LogP contribution is 2.47. The van der Waals surface area contributed by atoms with E-state index in [-0.39, 0.29) is 12.1 Å². The second-order valence-corrected chi connectivity index (χ2v) is 8.21. The first-order valence-corrected chi connectivity index (χ1v) is 10.4. The van der Waals surface area contributed by atoms with E-state index in [1.54, 1.807) is 12.1 Å². The summed E-state index contributed by atoms with van der Waals surface area (Å²) in [4.78, 5) is -0.750. The van der Waals surface area contributed by atoms with Crippen molar-refractivity contribution >= 4 is 11.8 Å². The van der Waals surface area contributed by atoms with Crippen LogP contribution in [0.15, 0.2) is 59.5 Å². The van der Waals surface area contributed by atoms with Crippen molar-refractivity contribution < 1.29 is 39.9 Å². The van der Waals surface area contributed by atoms with Gasteiger partial charge in [-0.25, -0.2) is 13.2 Å². The molecule has 176 valence electrons. The maximum absolute atomic E-state index is 14.7. The van der Waals surface area contributed by atoms with E-state index in [2.05, 4.69) is 4.74 Å².